The van der Waals surface area contributed by atoms with E-state index >= 15 is 0 Å². The lowest BCUT2D eigenvalue weighted by Gasteiger charge is -2.39. The molecule has 2 saturated heterocycles. The molecule has 2 aliphatic rings. The Morgan fingerprint density at radius 1 is 1.13 bits per heavy atom. The number of carbonyl (C=O) groups is 1. The largest absolute Gasteiger partial charge is 0.479 e. The van der Waals surface area contributed by atoms with Gasteiger partial charge in [0, 0.05) is 31.2 Å². The van der Waals surface area contributed by atoms with Crippen molar-refractivity contribution in [3.63, 3.8) is 0 Å². The number of amides is 1. The summed E-state index contributed by atoms with van der Waals surface area (Å²) in [6, 6.07) is 6.77. The molecule has 208 valence electrons. The van der Waals surface area contributed by atoms with E-state index in [1.807, 2.05) is 18.7 Å². The zero-order valence-electron chi connectivity index (χ0n) is 22.0. The lowest BCUT2D eigenvalue weighted by atomic mass is 10.2. The average molecular weight is 568 g/mol. The number of sulfonamides is 1. The first-order chi connectivity index (χ1) is 18.0. The highest BCUT2D eigenvalue weighted by molar-refractivity contribution is 7.89. The van der Waals surface area contributed by atoms with Crippen LogP contribution in [0.1, 0.15) is 27.7 Å². The molecule has 11 nitrogen and oxygen atoms in total. The Balaban J connectivity index is 1.56. The smallest absolute Gasteiger partial charge is 0.410 e. The van der Waals surface area contributed by atoms with Crippen molar-refractivity contribution in [3.8, 4) is 11.4 Å². The molecule has 4 rings (SSSR count). The summed E-state index contributed by atoms with van der Waals surface area (Å²) in [6.45, 7) is 9.48. The number of likely N-dealkylation sites (tertiary alicyclic amines) is 1. The van der Waals surface area contributed by atoms with Gasteiger partial charge in [0.2, 0.25) is 15.8 Å². The molecule has 0 saturated carbocycles. The van der Waals surface area contributed by atoms with E-state index in [9.17, 15) is 18.0 Å². The quantitative estimate of drug-likeness (QED) is 0.478. The number of ether oxygens (including phenoxy) is 2. The van der Waals surface area contributed by atoms with Crippen molar-refractivity contribution in [3.05, 3.63) is 45.8 Å². The lowest BCUT2D eigenvalue weighted by Crippen LogP contribution is -2.57. The molecule has 0 atom stereocenters. The molecule has 1 aromatic carbocycles. The minimum Gasteiger partial charge on any atom is -0.479 e. The summed E-state index contributed by atoms with van der Waals surface area (Å²) in [4.78, 5) is 29.3. The van der Waals surface area contributed by atoms with E-state index in [1.165, 1.54) is 13.9 Å². The number of rotatable bonds is 8. The Bertz CT molecular complexity index is 1320. The molecule has 1 amide bonds. The van der Waals surface area contributed by atoms with Crippen LogP contribution in [-0.4, -0.2) is 90.7 Å². The molecule has 13 heteroatoms. The van der Waals surface area contributed by atoms with Crippen LogP contribution in [0.3, 0.4) is 0 Å². The summed E-state index contributed by atoms with van der Waals surface area (Å²) < 4.78 is 39.3. The van der Waals surface area contributed by atoms with Gasteiger partial charge in [0.05, 0.1) is 36.8 Å². The normalized spacial score (nSPS) is 17.1. The van der Waals surface area contributed by atoms with Crippen LogP contribution in [0, 0.1) is 5.92 Å². The molecule has 3 heterocycles. The maximum Gasteiger partial charge on any atom is 0.410 e. The molecule has 0 spiro atoms. The van der Waals surface area contributed by atoms with Gasteiger partial charge in [-0.3, -0.25) is 4.79 Å². The molecule has 2 fully saturated rings. The Hall–Kier alpha value is -2.83. The number of piperazine rings is 1. The van der Waals surface area contributed by atoms with Gasteiger partial charge < -0.3 is 19.3 Å². The zero-order valence-corrected chi connectivity index (χ0v) is 23.6. The van der Waals surface area contributed by atoms with Gasteiger partial charge in [0.1, 0.15) is 11.8 Å². The van der Waals surface area contributed by atoms with Crippen LogP contribution in [-0.2, 0) is 14.8 Å². The maximum absolute atomic E-state index is 13.6. The monoisotopic (exact) mass is 567 g/mol. The number of hydrogen-bond donors (Lipinski definition) is 0. The Morgan fingerprint density at radius 2 is 1.82 bits per heavy atom. The molecule has 0 aliphatic carbocycles. The SMILES string of the molecule is CC(C)COC(=O)N1CC(Oc2c(N3CCN(S(=O)(=O)C(C)C)CC3)cnn(-c3cccc(Cl)c3)c2=O)C1. The number of aromatic nitrogens is 2. The van der Waals surface area contributed by atoms with Crippen LogP contribution >= 0.6 is 11.6 Å². The highest BCUT2D eigenvalue weighted by Crippen LogP contribution is 2.29. The second-order valence-electron chi connectivity index (χ2n) is 10.2. The average Bonchev–Trinajstić information content (AvgIpc) is 2.85. The van der Waals surface area contributed by atoms with E-state index in [4.69, 9.17) is 21.1 Å². The zero-order chi connectivity index (χ0) is 27.6. The van der Waals surface area contributed by atoms with E-state index in [0.717, 1.165) is 0 Å². The second-order valence-corrected chi connectivity index (χ2v) is 13.1. The summed E-state index contributed by atoms with van der Waals surface area (Å²) in [5.41, 5.74) is 0.498. The maximum atomic E-state index is 13.6. The van der Waals surface area contributed by atoms with Crippen LogP contribution in [0.15, 0.2) is 35.3 Å². The minimum atomic E-state index is -3.38. The number of halogens is 1. The number of anilines is 1. The van der Waals surface area contributed by atoms with Gasteiger partial charge in [0.25, 0.3) is 0 Å². The standard InChI is InChI=1S/C25H34ClN5O6S/c1-17(2)16-36-25(33)29-14-21(15-29)37-23-22(28-8-10-30(11-9-28)38(34,35)18(3)4)13-27-31(24(23)32)20-7-5-6-19(26)12-20/h5-7,12-13,17-18,21H,8-11,14-16H2,1-4H3. The van der Waals surface area contributed by atoms with E-state index in [0.29, 0.717) is 36.1 Å². The molecule has 2 aliphatic heterocycles. The highest BCUT2D eigenvalue weighted by Gasteiger charge is 2.36. The van der Waals surface area contributed by atoms with E-state index < -0.39 is 33.0 Å². The predicted octanol–water partition coefficient (Wildman–Crippen LogP) is 2.60. The Labute approximate surface area is 227 Å². The van der Waals surface area contributed by atoms with Crippen LogP contribution < -0.4 is 15.2 Å². The van der Waals surface area contributed by atoms with Crippen LogP contribution in [0.2, 0.25) is 5.02 Å². The van der Waals surface area contributed by atoms with Crippen molar-refractivity contribution in [2.24, 2.45) is 5.92 Å². The second kappa shape index (κ2) is 11.5. The molecule has 0 unspecified atom stereocenters. The van der Waals surface area contributed by atoms with Gasteiger partial charge >= 0.3 is 11.7 Å². The van der Waals surface area contributed by atoms with Gasteiger partial charge in [-0.05, 0) is 38.0 Å². The van der Waals surface area contributed by atoms with Crippen LogP contribution in [0.25, 0.3) is 5.69 Å². The van der Waals surface area contributed by atoms with Gasteiger partial charge in [-0.2, -0.15) is 14.1 Å². The van der Waals surface area contributed by atoms with Gasteiger partial charge in [-0.25, -0.2) is 13.2 Å². The fourth-order valence-electron chi connectivity index (χ4n) is 4.20. The highest BCUT2D eigenvalue weighted by atomic mass is 35.5. The first-order valence-electron chi connectivity index (χ1n) is 12.7. The van der Waals surface area contributed by atoms with Crippen molar-refractivity contribution in [1.29, 1.82) is 0 Å². The molecule has 38 heavy (non-hydrogen) atoms. The van der Waals surface area contributed by atoms with Crippen molar-refractivity contribution >= 4 is 33.4 Å². The lowest BCUT2D eigenvalue weighted by molar-refractivity contribution is 0.00744. The first-order valence-corrected chi connectivity index (χ1v) is 14.6. The minimum absolute atomic E-state index is 0.0975. The number of nitrogens with zero attached hydrogens (tertiary/aromatic N) is 5. The van der Waals surface area contributed by atoms with Gasteiger partial charge in [-0.15, -0.1) is 0 Å². The van der Waals surface area contributed by atoms with Crippen LogP contribution in [0.4, 0.5) is 10.5 Å². The predicted molar refractivity (Wildman–Crippen MR) is 145 cm³/mol. The van der Waals surface area contributed by atoms with Crippen LogP contribution in [0.5, 0.6) is 5.75 Å². The topological polar surface area (TPSA) is 114 Å². The van der Waals surface area contributed by atoms with E-state index in [1.54, 1.807) is 44.3 Å². The molecule has 0 radical (unpaired) electrons. The molecular weight excluding hydrogens is 534 g/mol. The van der Waals surface area contributed by atoms with Crippen molar-refractivity contribution in [2.75, 3.05) is 50.8 Å². The van der Waals surface area contributed by atoms with Gasteiger partial charge in [-0.1, -0.05) is 31.5 Å². The number of benzene rings is 1. The summed E-state index contributed by atoms with van der Waals surface area (Å²) in [7, 11) is -3.38. The fraction of sp³-hybridized carbons (Fsp3) is 0.560. The summed E-state index contributed by atoms with van der Waals surface area (Å²) in [5.74, 6) is 0.327. The fourth-order valence-corrected chi connectivity index (χ4v) is 5.65. The van der Waals surface area contributed by atoms with E-state index in [-0.39, 0.29) is 37.8 Å². The molecule has 1 aromatic heterocycles. The molecule has 0 N–H and O–H groups in total. The third kappa shape index (κ3) is 6.08. The molecular formula is C25H34ClN5O6S. The molecule has 2 aromatic rings. The van der Waals surface area contributed by atoms with E-state index in [2.05, 4.69) is 5.10 Å². The summed E-state index contributed by atoms with van der Waals surface area (Å²) in [5, 5.41) is 4.31. The number of hydrogen-bond acceptors (Lipinski definition) is 8. The third-order valence-electron chi connectivity index (χ3n) is 6.43. The van der Waals surface area contributed by atoms with Gasteiger partial charge in [0.15, 0.2) is 0 Å². The number of carbonyl (C=O) groups excluding carboxylic acids is 1. The Kier molecular flexibility index (Phi) is 8.53. The first kappa shape index (κ1) is 28.2. The van der Waals surface area contributed by atoms with Crippen molar-refractivity contribution in [2.45, 2.75) is 39.0 Å². The Morgan fingerprint density at radius 3 is 2.42 bits per heavy atom. The molecule has 0 bridgehead atoms. The summed E-state index contributed by atoms with van der Waals surface area (Å²) >= 11 is 6.13. The van der Waals surface area contributed by atoms with Crippen molar-refractivity contribution in [1.82, 2.24) is 19.0 Å². The third-order valence-corrected chi connectivity index (χ3v) is 8.94. The summed E-state index contributed by atoms with van der Waals surface area (Å²) in [6.07, 6.45) is 0.746. The van der Waals surface area contributed by atoms with Crippen molar-refractivity contribution < 1.29 is 22.7 Å².